The second-order valence-corrected chi connectivity index (χ2v) is 7.79. The highest BCUT2D eigenvalue weighted by atomic mass is 32.2. The first-order valence-electron chi connectivity index (χ1n) is 9.26. The Labute approximate surface area is 177 Å². The Morgan fingerprint density at radius 1 is 1.23 bits per heavy atom. The Bertz CT molecular complexity index is 1240. The van der Waals surface area contributed by atoms with Gasteiger partial charge in [-0.2, -0.15) is 0 Å². The van der Waals surface area contributed by atoms with Crippen molar-refractivity contribution >= 4 is 51.5 Å². The van der Waals surface area contributed by atoms with Crippen LogP contribution in [-0.2, 0) is 11.8 Å². The van der Waals surface area contributed by atoms with E-state index in [1.54, 1.807) is 23.1 Å². The fourth-order valence-electron chi connectivity index (χ4n) is 3.33. The maximum Gasteiger partial charge on any atom is 0.335 e. The van der Waals surface area contributed by atoms with E-state index in [0.717, 1.165) is 16.5 Å². The molecular formula is C23H19N3O3S. The van der Waals surface area contributed by atoms with Crippen molar-refractivity contribution in [1.29, 1.82) is 0 Å². The van der Waals surface area contributed by atoms with Crippen molar-refractivity contribution in [2.24, 2.45) is 12.0 Å². The number of nitrogens with zero attached hydrogens (tertiary/aromatic N) is 3. The number of carbonyl (C=O) groups excluding carboxylic acids is 1. The van der Waals surface area contributed by atoms with Gasteiger partial charge in [0, 0.05) is 36.3 Å². The Morgan fingerprint density at radius 2 is 2.03 bits per heavy atom. The molecule has 0 atom stereocenters. The Hall–Kier alpha value is -3.58. The molecule has 1 aliphatic rings. The lowest BCUT2D eigenvalue weighted by atomic mass is 10.1. The first kappa shape index (κ1) is 19.7. The highest BCUT2D eigenvalue weighted by Gasteiger charge is 2.32. The number of amides is 1. The molecule has 1 saturated heterocycles. The first-order valence-corrected chi connectivity index (χ1v) is 10.1. The van der Waals surface area contributed by atoms with E-state index in [9.17, 15) is 14.7 Å². The highest BCUT2D eigenvalue weighted by Crippen LogP contribution is 2.35. The molecule has 2 heterocycles. The van der Waals surface area contributed by atoms with E-state index in [2.05, 4.69) is 11.6 Å². The summed E-state index contributed by atoms with van der Waals surface area (Å²) in [5.74, 6) is -1.17. The van der Waals surface area contributed by atoms with E-state index in [-0.39, 0.29) is 11.5 Å². The SMILES string of the molecule is C=CCN1C(=O)/C(=C/c2cn(C)c3ccccc23)SC1=Nc1cccc(C(=O)O)c1. The second-order valence-electron chi connectivity index (χ2n) is 6.78. The van der Waals surface area contributed by atoms with Crippen LogP contribution in [0.15, 0.2) is 77.3 Å². The van der Waals surface area contributed by atoms with E-state index in [1.807, 2.05) is 48.2 Å². The number of para-hydroxylation sites is 1. The summed E-state index contributed by atoms with van der Waals surface area (Å²) < 4.78 is 2.03. The van der Waals surface area contributed by atoms with E-state index in [4.69, 9.17) is 0 Å². The van der Waals surface area contributed by atoms with Crippen LogP contribution in [0.1, 0.15) is 15.9 Å². The Kier molecular flexibility index (Phi) is 5.29. The third-order valence-corrected chi connectivity index (χ3v) is 5.74. The fourth-order valence-corrected chi connectivity index (χ4v) is 4.33. The third kappa shape index (κ3) is 3.67. The molecule has 7 heteroatoms. The number of benzene rings is 2. The maximum atomic E-state index is 13.0. The van der Waals surface area contributed by atoms with E-state index in [0.29, 0.717) is 22.3 Å². The molecule has 1 N–H and O–H groups in total. The van der Waals surface area contributed by atoms with Gasteiger partial charge >= 0.3 is 5.97 Å². The highest BCUT2D eigenvalue weighted by molar-refractivity contribution is 8.18. The van der Waals surface area contributed by atoms with Crippen molar-refractivity contribution < 1.29 is 14.7 Å². The summed E-state index contributed by atoms with van der Waals surface area (Å²) in [4.78, 5) is 30.9. The van der Waals surface area contributed by atoms with Crippen molar-refractivity contribution in [3.8, 4) is 0 Å². The molecule has 1 aromatic heterocycles. The molecule has 0 aliphatic carbocycles. The Balaban J connectivity index is 1.74. The zero-order valence-electron chi connectivity index (χ0n) is 16.3. The molecule has 150 valence electrons. The summed E-state index contributed by atoms with van der Waals surface area (Å²) in [6.07, 6.45) is 5.51. The average Bonchev–Trinajstić information content (AvgIpc) is 3.20. The minimum atomic E-state index is -1.02. The standard InChI is InChI=1S/C23H19N3O3S/c1-3-11-26-21(27)20(13-16-14-25(2)19-10-5-4-9-18(16)19)30-23(26)24-17-8-6-7-15(12-17)22(28)29/h3-10,12-14H,1,11H2,2H3,(H,28,29)/b20-13-,24-23?. The van der Waals surface area contributed by atoms with Crippen molar-refractivity contribution in [2.45, 2.75) is 0 Å². The number of carbonyl (C=O) groups is 2. The van der Waals surface area contributed by atoms with Crippen LogP contribution in [0.2, 0.25) is 0 Å². The van der Waals surface area contributed by atoms with E-state index < -0.39 is 5.97 Å². The number of aliphatic imine (C=N–C) groups is 1. The largest absolute Gasteiger partial charge is 0.478 e. The lowest BCUT2D eigenvalue weighted by molar-refractivity contribution is -0.121. The van der Waals surface area contributed by atoms with Gasteiger partial charge in [0.2, 0.25) is 0 Å². The van der Waals surface area contributed by atoms with Crippen LogP contribution < -0.4 is 0 Å². The quantitative estimate of drug-likeness (QED) is 0.484. The van der Waals surface area contributed by atoms with Gasteiger partial charge in [0.1, 0.15) is 0 Å². The topological polar surface area (TPSA) is 74.9 Å². The van der Waals surface area contributed by atoms with Crippen molar-refractivity contribution in [3.63, 3.8) is 0 Å². The minimum absolute atomic E-state index is 0.146. The molecule has 0 radical (unpaired) electrons. The molecule has 0 bridgehead atoms. The summed E-state index contributed by atoms with van der Waals surface area (Å²) in [6.45, 7) is 4.05. The molecule has 1 amide bonds. The van der Waals surface area contributed by atoms with Gasteiger partial charge < -0.3 is 9.67 Å². The minimum Gasteiger partial charge on any atom is -0.478 e. The number of thioether (sulfide) groups is 1. The molecule has 2 aromatic carbocycles. The summed E-state index contributed by atoms with van der Waals surface area (Å²) in [5, 5.41) is 10.8. The van der Waals surface area contributed by atoms with Crippen LogP contribution in [0.3, 0.4) is 0 Å². The number of aromatic carboxylic acids is 1. The molecule has 3 aromatic rings. The molecule has 0 saturated carbocycles. The number of hydrogen-bond donors (Lipinski definition) is 1. The van der Waals surface area contributed by atoms with Crippen LogP contribution in [0.5, 0.6) is 0 Å². The van der Waals surface area contributed by atoms with E-state index >= 15 is 0 Å². The number of aryl methyl sites for hydroxylation is 1. The molecule has 0 unspecified atom stereocenters. The van der Waals surface area contributed by atoms with E-state index in [1.165, 1.54) is 23.9 Å². The van der Waals surface area contributed by atoms with Crippen LogP contribution in [0.4, 0.5) is 5.69 Å². The lowest BCUT2D eigenvalue weighted by Crippen LogP contribution is -2.29. The van der Waals surface area contributed by atoms with Gasteiger partial charge in [-0.05, 0) is 42.1 Å². The van der Waals surface area contributed by atoms with Gasteiger partial charge in [0.25, 0.3) is 5.91 Å². The first-order chi connectivity index (χ1) is 14.5. The van der Waals surface area contributed by atoms with Gasteiger partial charge in [-0.3, -0.25) is 9.69 Å². The number of carboxylic acid groups (broad SMARTS) is 1. The third-order valence-electron chi connectivity index (χ3n) is 4.73. The van der Waals surface area contributed by atoms with Gasteiger partial charge in [-0.25, -0.2) is 9.79 Å². The van der Waals surface area contributed by atoms with Gasteiger partial charge in [-0.1, -0.05) is 30.3 Å². The van der Waals surface area contributed by atoms with Gasteiger partial charge in [-0.15, -0.1) is 6.58 Å². The molecule has 1 fully saturated rings. The number of hydrogen-bond acceptors (Lipinski definition) is 4. The van der Waals surface area contributed by atoms with Crippen molar-refractivity contribution in [1.82, 2.24) is 9.47 Å². The predicted octanol–water partition coefficient (Wildman–Crippen LogP) is 4.67. The molecule has 1 aliphatic heterocycles. The van der Waals surface area contributed by atoms with Gasteiger partial charge in [0.05, 0.1) is 16.2 Å². The summed E-state index contributed by atoms with van der Waals surface area (Å²) in [5.41, 5.74) is 2.66. The summed E-state index contributed by atoms with van der Waals surface area (Å²) in [7, 11) is 1.97. The second kappa shape index (κ2) is 8.04. The zero-order chi connectivity index (χ0) is 21.3. The molecule has 0 spiro atoms. The van der Waals surface area contributed by atoms with Crippen molar-refractivity contribution in [2.75, 3.05) is 6.54 Å². The summed E-state index contributed by atoms with van der Waals surface area (Å²) in [6, 6.07) is 14.4. The zero-order valence-corrected chi connectivity index (χ0v) is 17.1. The number of carboxylic acids is 1. The number of fused-ring (bicyclic) bond motifs is 1. The maximum absolute atomic E-state index is 13.0. The Morgan fingerprint density at radius 3 is 2.80 bits per heavy atom. The normalized spacial score (nSPS) is 16.7. The number of rotatable bonds is 5. The van der Waals surface area contributed by atoms with Gasteiger partial charge in [0.15, 0.2) is 5.17 Å². The van der Waals surface area contributed by atoms with Crippen LogP contribution in [-0.4, -0.2) is 38.2 Å². The monoisotopic (exact) mass is 417 g/mol. The fraction of sp³-hybridized carbons (Fsp3) is 0.0870. The molecule has 6 nitrogen and oxygen atoms in total. The predicted molar refractivity (Wildman–Crippen MR) is 121 cm³/mol. The molecule has 30 heavy (non-hydrogen) atoms. The molecule has 4 rings (SSSR count). The smallest absolute Gasteiger partial charge is 0.335 e. The average molecular weight is 417 g/mol. The van der Waals surface area contributed by atoms with Crippen LogP contribution in [0, 0.1) is 0 Å². The summed E-state index contributed by atoms with van der Waals surface area (Å²) >= 11 is 1.27. The van der Waals surface area contributed by atoms with Crippen molar-refractivity contribution in [3.05, 3.63) is 83.4 Å². The number of aromatic nitrogens is 1. The van der Waals surface area contributed by atoms with Crippen LogP contribution >= 0.6 is 11.8 Å². The van der Waals surface area contributed by atoms with Crippen LogP contribution in [0.25, 0.3) is 17.0 Å². The number of amidine groups is 1. The molecular weight excluding hydrogens is 398 g/mol. The lowest BCUT2D eigenvalue weighted by Gasteiger charge is -2.12.